The van der Waals surface area contributed by atoms with Crippen molar-refractivity contribution in [2.45, 2.75) is 45.1 Å². The Morgan fingerprint density at radius 3 is 2.32 bits per heavy atom. The molecule has 31 heavy (non-hydrogen) atoms. The number of carbonyl (C=O) groups excluding carboxylic acids is 3. The number of benzene rings is 1. The highest BCUT2D eigenvalue weighted by molar-refractivity contribution is 5.80. The van der Waals surface area contributed by atoms with Crippen LogP contribution < -0.4 is 0 Å². The third-order valence-electron chi connectivity index (χ3n) is 6.94. The Hall–Kier alpha value is -2.41. The highest BCUT2D eigenvalue weighted by Crippen LogP contribution is 2.32. The maximum absolute atomic E-state index is 13.2. The van der Waals surface area contributed by atoms with E-state index in [4.69, 9.17) is 0 Å². The SMILES string of the molecule is CC(=O)N1CCc2ccccc2C1CC(=O)N1CCCN(CC(=O)N2CCCC2)CC1. The van der Waals surface area contributed by atoms with Crippen LogP contribution in [0.3, 0.4) is 0 Å². The van der Waals surface area contributed by atoms with Crippen LogP contribution in [0.2, 0.25) is 0 Å². The van der Waals surface area contributed by atoms with Gasteiger partial charge in [0.25, 0.3) is 0 Å². The van der Waals surface area contributed by atoms with Crippen molar-refractivity contribution in [1.29, 1.82) is 0 Å². The van der Waals surface area contributed by atoms with E-state index in [1.54, 1.807) is 6.92 Å². The second-order valence-electron chi connectivity index (χ2n) is 8.98. The van der Waals surface area contributed by atoms with Gasteiger partial charge in [-0.3, -0.25) is 19.3 Å². The number of amides is 3. The Balaban J connectivity index is 1.37. The zero-order chi connectivity index (χ0) is 21.8. The molecule has 2 fully saturated rings. The van der Waals surface area contributed by atoms with Crippen LogP contribution in [0.25, 0.3) is 0 Å². The lowest BCUT2D eigenvalue weighted by Gasteiger charge is -2.37. The third-order valence-corrected chi connectivity index (χ3v) is 6.94. The molecule has 0 saturated carbocycles. The smallest absolute Gasteiger partial charge is 0.236 e. The second kappa shape index (κ2) is 9.81. The first-order chi connectivity index (χ1) is 15.0. The summed E-state index contributed by atoms with van der Waals surface area (Å²) in [6.07, 6.45) is 4.25. The molecule has 1 atom stereocenters. The molecule has 7 heteroatoms. The van der Waals surface area contributed by atoms with E-state index in [1.807, 2.05) is 26.8 Å². The van der Waals surface area contributed by atoms with Gasteiger partial charge < -0.3 is 14.7 Å². The molecule has 1 unspecified atom stereocenters. The van der Waals surface area contributed by atoms with Gasteiger partial charge in [0.05, 0.1) is 19.0 Å². The zero-order valence-corrected chi connectivity index (χ0v) is 18.6. The highest BCUT2D eigenvalue weighted by atomic mass is 16.2. The van der Waals surface area contributed by atoms with Crippen molar-refractivity contribution in [3.8, 4) is 0 Å². The maximum Gasteiger partial charge on any atom is 0.236 e. The van der Waals surface area contributed by atoms with Crippen LogP contribution in [0.5, 0.6) is 0 Å². The van der Waals surface area contributed by atoms with Crippen LogP contribution in [0, 0.1) is 0 Å². The van der Waals surface area contributed by atoms with E-state index in [0.29, 0.717) is 32.6 Å². The van der Waals surface area contributed by atoms with Crippen LogP contribution >= 0.6 is 0 Å². The number of hydrogen-bond acceptors (Lipinski definition) is 4. The lowest BCUT2D eigenvalue weighted by molar-refractivity contribution is -0.136. The minimum absolute atomic E-state index is 0.0229. The summed E-state index contributed by atoms with van der Waals surface area (Å²) in [6, 6.07) is 7.97. The molecule has 0 radical (unpaired) electrons. The Bertz CT molecular complexity index is 821. The van der Waals surface area contributed by atoms with E-state index in [2.05, 4.69) is 17.0 Å². The van der Waals surface area contributed by atoms with E-state index >= 15 is 0 Å². The van der Waals surface area contributed by atoms with E-state index in [0.717, 1.165) is 57.4 Å². The van der Waals surface area contributed by atoms with Crippen molar-refractivity contribution in [3.05, 3.63) is 35.4 Å². The molecule has 0 N–H and O–H groups in total. The molecule has 7 nitrogen and oxygen atoms in total. The fraction of sp³-hybridized carbons (Fsp3) is 0.625. The lowest BCUT2D eigenvalue weighted by atomic mass is 9.90. The van der Waals surface area contributed by atoms with Crippen molar-refractivity contribution in [2.24, 2.45) is 0 Å². The summed E-state index contributed by atoms with van der Waals surface area (Å²) in [6.45, 7) is 7.39. The summed E-state index contributed by atoms with van der Waals surface area (Å²) < 4.78 is 0. The van der Waals surface area contributed by atoms with Gasteiger partial charge >= 0.3 is 0 Å². The minimum atomic E-state index is -0.189. The van der Waals surface area contributed by atoms with Gasteiger partial charge in [-0.15, -0.1) is 0 Å². The molecule has 3 aliphatic rings. The van der Waals surface area contributed by atoms with E-state index < -0.39 is 0 Å². The van der Waals surface area contributed by atoms with Crippen LogP contribution in [0.15, 0.2) is 24.3 Å². The van der Waals surface area contributed by atoms with Crippen molar-refractivity contribution < 1.29 is 14.4 Å². The summed E-state index contributed by atoms with van der Waals surface area (Å²) >= 11 is 0. The van der Waals surface area contributed by atoms with Crippen LogP contribution in [0.4, 0.5) is 0 Å². The van der Waals surface area contributed by atoms with E-state index in [-0.39, 0.29) is 23.8 Å². The first-order valence-corrected chi connectivity index (χ1v) is 11.7. The monoisotopic (exact) mass is 426 g/mol. The fourth-order valence-electron chi connectivity index (χ4n) is 5.18. The average molecular weight is 427 g/mol. The fourth-order valence-corrected chi connectivity index (χ4v) is 5.18. The molecule has 0 spiro atoms. The highest BCUT2D eigenvalue weighted by Gasteiger charge is 2.32. The zero-order valence-electron chi connectivity index (χ0n) is 18.6. The van der Waals surface area contributed by atoms with Gasteiger partial charge in [-0.05, 0) is 36.8 Å². The van der Waals surface area contributed by atoms with Gasteiger partial charge in [0, 0.05) is 52.7 Å². The largest absolute Gasteiger partial charge is 0.342 e. The van der Waals surface area contributed by atoms with Gasteiger partial charge in [0.2, 0.25) is 17.7 Å². The molecule has 4 rings (SSSR count). The molecular formula is C24H34N4O3. The molecule has 0 aliphatic carbocycles. The summed E-state index contributed by atoms with van der Waals surface area (Å²) in [5, 5.41) is 0. The number of rotatable bonds is 4. The van der Waals surface area contributed by atoms with Gasteiger partial charge in [-0.2, -0.15) is 0 Å². The van der Waals surface area contributed by atoms with Gasteiger partial charge in [-0.1, -0.05) is 24.3 Å². The van der Waals surface area contributed by atoms with E-state index in [9.17, 15) is 14.4 Å². The molecule has 3 amide bonds. The molecule has 2 saturated heterocycles. The number of nitrogens with zero attached hydrogens (tertiary/aromatic N) is 4. The first-order valence-electron chi connectivity index (χ1n) is 11.7. The molecule has 1 aromatic carbocycles. The topological polar surface area (TPSA) is 64.2 Å². The Morgan fingerprint density at radius 1 is 0.839 bits per heavy atom. The molecule has 1 aromatic rings. The van der Waals surface area contributed by atoms with Gasteiger partial charge in [0.1, 0.15) is 0 Å². The van der Waals surface area contributed by atoms with Gasteiger partial charge in [0.15, 0.2) is 0 Å². The molecule has 3 heterocycles. The van der Waals surface area contributed by atoms with E-state index in [1.165, 1.54) is 5.56 Å². The summed E-state index contributed by atoms with van der Waals surface area (Å²) in [5.41, 5.74) is 2.34. The van der Waals surface area contributed by atoms with Crippen LogP contribution in [0.1, 0.15) is 49.8 Å². The minimum Gasteiger partial charge on any atom is -0.342 e. The second-order valence-corrected chi connectivity index (χ2v) is 8.98. The van der Waals surface area contributed by atoms with Gasteiger partial charge in [-0.25, -0.2) is 0 Å². The molecule has 0 aromatic heterocycles. The summed E-state index contributed by atoms with van der Waals surface area (Å²) in [5.74, 6) is 0.337. The van der Waals surface area contributed by atoms with Crippen molar-refractivity contribution in [2.75, 3.05) is 52.4 Å². The maximum atomic E-state index is 13.2. The predicted octanol–water partition coefficient (Wildman–Crippen LogP) is 1.68. The molecule has 0 bridgehead atoms. The average Bonchev–Trinajstić information content (AvgIpc) is 3.21. The summed E-state index contributed by atoms with van der Waals surface area (Å²) in [7, 11) is 0. The first kappa shape index (κ1) is 21.8. The number of fused-ring (bicyclic) bond motifs is 1. The molecule has 3 aliphatic heterocycles. The van der Waals surface area contributed by atoms with Crippen molar-refractivity contribution in [3.63, 3.8) is 0 Å². The lowest BCUT2D eigenvalue weighted by Crippen LogP contribution is -2.43. The summed E-state index contributed by atoms with van der Waals surface area (Å²) in [4.78, 5) is 45.9. The molecular weight excluding hydrogens is 392 g/mol. The normalized spacial score (nSPS) is 22.2. The predicted molar refractivity (Wildman–Crippen MR) is 118 cm³/mol. The van der Waals surface area contributed by atoms with Crippen molar-refractivity contribution in [1.82, 2.24) is 19.6 Å². The third kappa shape index (κ3) is 5.09. The van der Waals surface area contributed by atoms with Crippen LogP contribution in [-0.2, 0) is 20.8 Å². The number of hydrogen-bond donors (Lipinski definition) is 0. The Morgan fingerprint density at radius 2 is 1.55 bits per heavy atom. The Labute approximate surface area is 185 Å². The molecule has 168 valence electrons. The van der Waals surface area contributed by atoms with Crippen molar-refractivity contribution >= 4 is 17.7 Å². The number of carbonyl (C=O) groups is 3. The number of likely N-dealkylation sites (tertiary alicyclic amines) is 1. The standard InChI is InChI=1S/C24H34N4O3/c1-19(29)28-14-9-20-7-2-3-8-21(20)22(28)17-23(30)27-13-6-10-25(15-16-27)18-24(31)26-11-4-5-12-26/h2-3,7-8,22H,4-6,9-18H2,1H3. The quantitative estimate of drug-likeness (QED) is 0.735. The van der Waals surface area contributed by atoms with Crippen LogP contribution in [-0.4, -0.2) is 89.7 Å². The Kier molecular flexibility index (Phi) is 6.90.